The van der Waals surface area contributed by atoms with Crippen LogP contribution in [0.2, 0.25) is 0 Å². The molecule has 3 amide bonds. The molecule has 5 atom stereocenters. The Morgan fingerprint density at radius 2 is 1.53 bits per heavy atom. The van der Waals surface area contributed by atoms with Crippen LogP contribution in [0.4, 0.5) is 0 Å². The summed E-state index contributed by atoms with van der Waals surface area (Å²) in [5.41, 5.74) is 6.76. The topological polar surface area (TPSA) is 208 Å². The zero-order valence-corrected chi connectivity index (χ0v) is 21.0. The number of carboxylic acids is 2. The van der Waals surface area contributed by atoms with Gasteiger partial charge >= 0.3 is 11.9 Å². The number of hydrogen-bond donors (Lipinski definition) is 7. The quantitative estimate of drug-likeness (QED) is 0.141. The number of carbonyl (C=O) groups excluding carboxylic acids is 3. The molecule has 36 heavy (non-hydrogen) atoms. The van der Waals surface area contributed by atoms with E-state index in [2.05, 4.69) is 16.0 Å². The molecule has 0 aliphatic heterocycles. The monoisotopic (exact) mass is 526 g/mol. The van der Waals surface area contributed by atoms with Crippen LogP contribution in [0, 0.1) is 0 Å². The fraction of sp³-hybridized carbons (Fsp3) is 0.522. The van der Waals surface area contributed by atoms with Gasteiger partial charge in [-0.2, -0.15) is 11.8 Å². The van der Waals surface area contributed by atoms with Crippen LogP contribution in [-0.2, 0) is 30.4 Å². The van der Waals surface area contributed by atoms with Crippen molar-refractivity contribution in [3.05, 3.63) is 35.9 Å². The molecule has 0 bridgehead atoms. The summed E-state index contributed by atoms with van der Waals surface area (Å²) in [5, 5.41) is 35.3. The second-order valence-corrected chi connectivity index (χ2v) is 9.18. The Balaban J connectivity index is 2.89. The summed E-state index contributed by atoms with van der Waals surface area (Å²) >= 11 is 1.38. The highest BCUT2D eigenvalue weighted by molar-refractivity contribution is 7.98. The van der Waals surface area contributed by atoms with E-state index in [0.717, 1.165) is 5.56 Å². The first kappa shape index (κ1) is 30.9. The van der Waals surface area contributed by atoms with Gasteiger partial charge in [-0.1, -0.05) is 30.3 Å². The highest BCUT2D eigenvalue weighted by atomic mass is 32.2. The van der Waals surface area contributed by atoms with Crippen molar-refractivity contribution in [3.63, 3.8) is 0 Å². The molecule has 5 unspecified atom stereocenters. The van der Waals surface area contributed by atoms with E-state index >= 15 is 0 Å². The molecule has 0 heterocycles. The van der Waals surface area contributed by atoms with Crippen LogP contribution in [0.25, 0.3) is 0 Å². The molecule has 0 spiro atoms. The fourth-order valence-electron chi connectivity index (χ4n) is 3.19. The Morgan fingerprint density at radius 3 is 2.06 bits per heavy atom. The second kappa shape index (κ2) is 15.8. The molecular formula is C23H34N4O8S. The van der Waals surface area contributed by atoms with E-state index < -0.39 is 66.4 Å². The summed E-state index contributed by atoms with van der Waals surface area (Å²) in [6.45, 7) is 1.29. The van der Waals surface area contributed by atoms with Crippen LogP contribution in [0.5, 0.6) is 0 Å². The lowest BCUT2D eigenvalue weighted by Crippen LogP contribution is -2.60. The van der Waals surface area contributed by atoms with Crippen LogP contribution in [0.1, 0.15) is 31.7 Å². The van der Waals surface area contributed by atoms with Gasteiger partial charge in [-0.15, -0.1) is 0 Å². The molecule has 1 aromatic rings. The number of rotatable bonds is 16. The number of nitrogens with two attached hydrogens (primary N) is 1. The SMILES string of the molecule is CSCCC(NC(=O)C(NC(=O)C(N)Cc1ccccc1)C(C)O)C(=O)NC(CCC(=O)O)C(=O)O. The Bertz CT molecular complexity index is 899. The van der Waals surface area contributed by atoms with Gasteiger partial charge in [-0.3, -0.25) is 19.2 Å². The summed E-state index contributed by atoms with van der Waals surface area (Å²) in [7, 11) is 0. The van der Waals surface area contributed by atoms with Gasteiger partial charge in [0.05, 0.1) is 12.1 Å². The number of carboxylic acid groups (broad SMARTS) is 2. The molecule has 0 saturated carbocycles. The molecule has 0 aliphatic carbocycles. The van der Waals surface area contributed by atoms with Gasteiger partial charge in [0.15, 0.2) is 0 Å². The summed E-state index contributed by atoms with van der Waals surface area (Å²) in [5.74, 6) is -4.57. The van der Waals surface area contributed by atoms with Gasteiger partial charge < -0.3 is 37.0 Å². The zero-order valence-electron chi connectivity index (χ0n) is 20.2. The van der Waals surface area contributed by atoms with Gasteiger partial charge in [-0.25, -0.2) is 4.79 Å². The van der Waals surface area contributed by atoms with Crippen molar-refractivity contribution < 1.29 is 39.3 Å². The Labute approximate surface area is 213 Å². The van der Waals surface area contributed by atoms with E-state index in [1.807, 2.05) is 6.07 Å². The first-order valence-corrected chi connectivity index (χ1v) is 12.7. The van der Waals surface area contributed by atoms with Gasteiger partial charge in [0.1, 0.15) is 18.1 Å². The van der Waals surface area contributed by atoms with Crippen LogP contribution in [0.15, 0.2) is 30.3 Å². The number of amides is 3. The maximum atomic E-state index is 12.9. The Morgan fingerprint density at radius 1 is 0.917 bits per heavy atom. The molecule has 12 nitrogen and oxygen atoms in total. The van der Waals surface area contributed by atoms with E-state index in [0.29, 0.717) is 5.75 Å². The van der Waals surface area contributed by atoms with Crippen molar-refractivity contribution in [1.29, 1.82) is 0 Å². The molecule has 200 valence electrons. The van der Waals surface area contributed by atoms with Gasteiger partial charge in [0.25, 0.3) is 0 Å². The Kier molecular flexibility index (Phi) is 13.5. The number of aliphatic hydroxyl groups is 1. The molecule has 0 saturated heterocycles. The van der Waals surface area contributed by atoms with Crippen molar-refractivity contribution in [3.8, 4) is 0 Å². The van der Waals surface area contributed by atoms with Crippen molar-refractivity contribution in [2.24, 2.45) is 5.73 Å². The maximum Gasteiger partial charge on any atom is 0.326 e. The average Bonchev–Trinajstić information content (AvgIpc) is 2.82. The second-order valence-electron chi connectivity index (χ2n) is 8.20. The van der Waals surface area contributed by atoms with Crippen LogP contribution < -0.4 is 21.7 Å². The number of hydrogen-bond acceptors (Lipinski definition) is 8. The molecule has 13 heteroatoms. The largest absolute Gasteiger partial charge is 0.481 e. The highest BCUT2D eigenvalue weighted by Gasteiger charge is 2.32. The Hall–Kier alpha value is -3.16. The molecule has 0 fully saturated rings. The lowest BCUT2D eigenvalue weighted by atomic mass is 10.0. The first-order valence-electron chi connectivity index (χ1n) is 11.3. The highest BCUT2D eigenvalue weighted by Crippen LogP contribution is 2.07. The van der Waals surface area contributed by atoms with Gasteiger partial charge in [-0.05, 0) is 43.8 Å². The normalized spacial score (nSPS) is 15.0. The lowest BCUT2D eigenvalue weighted by Gasteiger charge is -2.26. The van der Waals surface area contributed by atoms with E-state index in [1.54, 1.807) is 30.5 Å². The number of carbonyl (C=O) groups is 5. The third kappa shape index (κ3) is 11.1. The predicted octanol–water partition coefficient (Wildman–Crippen LogP) is -0.906. The minimum Gasteiger partial charge on any atom is -0.481 e. The molecule has 0 aliphatic rings. The average molecular weight is 527 g/mol. The standard InChI is InChI=1S/C23H34N4O8S/c1-13(28)19(27-20(31)15(24)12-14-6-4-3-5-7-14)22(33)25-16(10-11-36-2)21(32)26-17(23(34)35)8-9-18(29)30/h3-7,13,15-17,19,28H,8-12,24H2,1-2H3,(H,25,33)(H,26,32)(H,27,31)(H,29,30)(H,34,35). The van der Waals surface area contributed by atoms with E-state index in [-0.39, 0.29) is 19.3 Å². The number of thioether (sulfide) groups is 1. The molecule has 1 rings (SSSR count). The van der Waals surface area contributed by atoms with Crippen LogP contribution in [0.3, 0.4) is 0 Å². The van der Waals surface area contributed by atoms with Crippen LogP contribution in [-0.4, -0.2) is 87.3 Å². The first-order chi connectivity index (χ1) is 17.0. The lowest BCUT2D eigenvalue weighted by molar-refractivity contribution is -0.143. The van der Waals surface area contributed by atoms with Gasteiger partial charge in [0, 0.05) is 6.42 Å². The van der Waals surface area contributed by atoms with Crippen molar-refractivity contribution in [2.75, 3.05) is 12.0 Å². The third-order valence-electron chi connectivity index (χ3n) is 5.20. The predicted molar refractivity (Wildman–Crippen MR) is 133 cm³/mol. The molecule has 0 radical (unpaired) electrons. The summed E-state index contributed by atoms with van der Waals surface area (Å²) in [6, 6.07) is 3.91. The van der Waals surface area contributed by atoms with Crippen LogP contribution >= 0.6 is 11.8 Å². The van der Waals surface area contributed by atoms with Crippen molar-refractivity contribution >= 4 is 41.4 Å². The molecule has 8 N–H and O–H groups in total. The summed E-state index contributed by atoms with van der Waals surface area (Å²) in [6.07, 6.45) is -0.0466. The molecular weight excluding hydrogens is 492 g/mol. The van der Waals surface area contributed by atoms with Crippen molar-refractivity contribution in [1.82, 2.24) is 16.0 Å². The van der Waals surface area contributed by atoms with E-state index in [4.69, 9.17) is 10.8 Å². The molecule has 1 aromatic carbocycles. The number of nitrogens with one attached hydrogen (secondary N) is 3. The minimum absolute atomic E-state index is 0.123. The van der Waals surface area contributed by atoms with E-state index in [1.165, 1.54) is 18.7 Å². The summed E-state index contributed by atoms with van der Waals surface area (Å²) in [4.78, 5) is 60.4. The van der Waals surface area contributed by atoms with Crippen molar-refractivity contribution in [2.45, 2.75) is 62.9 Å². The smallest absolute Gasteiger partial charge is 0.326 e. The molecule has 0 aromatic heterocycles. The minimum atomic E-state index is -1.47. The summed E-state index contributed by atoms with van der Waals surface area (Å²) < 4.78 is 0. The number of aliphatic hydroxyl groups excluding tert-OH is 1. The van der Waals surface area contributed by atoms with Gasteiger partial charge in [0.2, 0.25) is 17.7 Å². The number of benzene rings is 1. The third-order valence-corrected chi connectivity index (χ3v) is 5.85. The van der Waals surface area contributed by atoms with E-state index in [9.17, 15) is 34.2 Å². The maximum absolute atomic E-state index is 12.9. The zero-order chi connectivity index (χ0) is 27.3. The fourth-order valence-corrected chi connectivity index (χ4v) is 3.66. The number of aliphatic carboxylic acids is 2.